The van der Waals surface area contributed by atoms with Crippen LogP contribution in [0.15, 0.2) is 4.99 Å². The third-order valence-corrected chi connectivity index (χ3v) is 4.44. The number of aliphatic hydroxyl groups excluding tert-OH is 1. The lowest BCUT2D eigenvalue weighted by Gasteiger charge is -2.28. The minimum Gasteiger partial charge on any atom is -0.396 e. The molecule has 1 fully saturated rings. The van der Waals surface area contributed by atoms with Crippen LogP contribution in [0.1, 0.15) is 65.7 Å². The van der Waals surface area contributed by atoms with Crippen LogP contribution in [0, 0.1) is 11.8 Å². The molecule has 0 spiro atoms. The monoisotopic (exact) mass is 425 g/mol. The Labute approximate surface area is 154 Å². The summed E-state index contributed by atoms with van der Waals surface area (Å²) in [7, 11) is 0. The molecule has 22 heavy (non-hydrogen) atoms. The van der Waals surface area contributed by atoms with Gasteiger partial charge in [-0.2, -0.15) is 0 Å². The van der Waals surface area contributed by atoms with Gasteiger partial charge >= 0.3 is 0 Å². The molecular weight excluding hydrogens is 389 g/mol. The van der Waals surface area contributed by atoms with E-state index in [9.17, 15) is 0 Å². The first-order valence-corrected chi connectivity index (χ1v) is 8.85. The van der Waals surface area contributed by atoms with E-state index in [2.05, 4.69) is 31.4 Å². The van der Waals surface area contributed by atoms with Crippen molar-refractivity contribution in [2.24, 2.45) is 16.8 Å². The highest BCUT2D eigenvalue weighted by atomic mass is 127. The first kappa shape index (κ1) is 22.0. The van der Waals surface area contributed by atoms with Crippen molar-refractivity contribution in [1.82, 2.24) is 10.6 Å². The number of rotatable bonds is 8. The van der Waals surface area contributed by atoms with E-state index in [-0.39, 0.29) is 30.6 Å². The highest BCUT2D eigenvalue weighted by Crippen LogP contribution is 2.23. The first-order chi connectivity index (χ1) is 10.2. The lowest BCUT2D eigenvalue weighted by molar-refractivity contribution is 0.253. The number of halogens is 1. The quantitative estimate of drug-likeness (QED) is 0.317. The van der Waals surface area contributed by atoms with Gasteiger partial charge in [0.05, 0.1) is 0 Å². The molecule has 1 rings (SSSR count). The van der Waals surface area contributed by atoms with Gasteiger partial charge in [0.15, 0.2) is 5.96 Å². The van der Waals surface area contributed by atoms with Crippen LogP contribution >= 0.6 is 24.0 Å². The second-order valence-corrected chi connectivity index (χ2v) is 6.49. The van der Waals surface area contributed by atoms with Crippen LogP contribution in [0.5, 0.6) is 0 Å². The molecule has 0 heterocycles. The Kier molecular flexibility index (Phi) is 13.4. The van der Waals surface area contributed by atoms with Gasteiger partial charge in [-0.3, -0.25) is 4.99 Å². The second-order valence-electron chi connectivity index (χ2n) is 6.49. The summed E-state index contributed by atoms with van der Waals surface area (Å²) in [4.78, 5) is 4.75. The number of hydrogen-bond acceptors (Lipinski definition) is 2. The Balaban J connectivity index is 0.00000441. The molecule has 5 heteroatoms. The van der Waals surface area contributed by atoms with Crippen molar-refractivity contribution in [3.63, 3.8) is 0 Å². The Morgan fingerprint density at radius 2 is 1.86 bits per heavy atom. The van der Waals surface area contributed by atoms with Gasteiger partial charge in [-0.05, 0) is 57.3 Å². The number of guanidine groups is 1. The molecule has 0 saturated heterocycles. The number of aliphatic imine (C=N–C) groups is 1. The van der Waals surface area contributed by atoms with Gasteiger partial charge in [0.1, 0.15) is 0 Å². The zero-order valence-corrected chi connectivity index (χ0v) is 16.9. The summed E-state index contributed by atoms with van der Waals surface area (Å²) in [6, 6.07) is 0.571. The minimum atomic E-state index is 0. The van der Waals surface area contributed by atoms with Gasteiger partial charge in [-0.1, -0.05) is 20.3 Å². The Morgan fingerprint density at radius 3 is 2.41 bits per heavy atom. The molecule has 0 amide bonds. The molecule has 132 valence electrons. The summed E-state index contributed by atoms with van der Waals surface area (Å²) in [5.41, 5.74) is 0. The smallest absolute Gasteiger partial charge is 0.191 e. The Hall–Kier alpha value is -0.0400. The van der Waals surface area contributed by atoms with E-state index in [1.165, 1.54) is 25.7 Å². The summed E-state index contributed by atoms with van der Waals surface area (Å²) < 4.78 is 0. The highest BCUT2D eigenvalue weighted by molar-refractivity contribution is 14.0. The third kappa shape index (κ3) is 9.18. The second kappa shape index (κ2) is 13.4. The molecule has 0 bridgehead atoms. The van der Waals surface area contributed by atoms with E-state index in [4.69, 9.17) is 10.1 Å². The van der Waals surface area contributed by atoms with Crippen molar-refractivity contribution in [1.29, 1.82) is 0 Å². The first-order valence-electron chi connectivity index (χ1n) is 8.85. The Bertz CT molecular complexity index is 286. The summed E-state index contributed by atoms with van der Waals surface area (Å²) >= 11 is 0. The molecule has 1 atom stereocenters. The molecule has 0 aromatic rings. The van der Waals surface area contributed by atoms with Crippen LogP contribution in [0.3, 0.4) is 0 Å². The predicted molar refractivity (Wildman–Crippen MR) is 106 cm³/mol. The molecule has 1 aliphatic carbocycles. The normalized spacial score (nSPS) is 23.5. The van der Waals surface area contributed by atoms with Crippen molar-refractivity contribution in [3.05, 3.63) is 0 Å². The maximum Gasteiger partial charge on any atom is 0.191 e. The molecule has 1 unspecified atom stereocenters. The summed E-state index contributed by atoms with van der Waals surface area (Å²) in [6.45, 7) is 8.63. The zero-order valence-electron chi connectivity index (χ0n) is 14.6. The van der Waals surface area contributed by atoms with E-state index in [1.807, 2.05) is 0 Å². The largest absolute Gasteiger partial charge is 0.396 e. The molecule has 0 aliphatic heterocycles. The van der Waals surface area contributed by atoms with Crippen LogP contribution in [0.25, 0.3) is 0 Å². The molecule has 4 nitrogen and oxygen atoms in total. The molecule has 1 saturated carbocycles. The number of aliphatic hydroxyl groups is 1. The molecule has 1 aliphatic rings. The van der Waals surface area contributed by atoms with E-state index in [0.29, 0.717) is 12.0 Å². The van der Waals surface area contributed by atoms with Crippen LogP contribution < -0.4 is 10.6 Å². The summed E-state index contributed by atoms with van der Waals surface area (Å²) in [6.07, 6.45) is 8.30. The Morgan fingerprint density at radius 1 is 1.18 bits per heavy atom. The van der Waals surface area contributed by atoms with Crippen LogP contribution in [-0.4, -0.2) is 36.8 Å². The third-order valence-electron chi connectivity index (χ3n) is 4.44. The molecule has 0 aromatic carbocycles. The number of hydrogen-bond donors (Lipinski definition) is 3. The van der Waals surface area contributed by atoms with E-state index in [0.717, 1.165) is 44.2 Å². The van der Waals surface area contributed by atoms with E-state index >= 15 is 0 Å². The van der Waals surface area contributed by atoms with Crippen molar-refractivity contribution in [3.8, 4) is 0 Å². The fourth-order valence-electron chi connectivity index (χ4n) is 3.06. The van der Waals surface area contributed by atoms with Crippen molar-refractivity contribution >= 4 is 29.9 Å². The lowest BCUT2D eigenvalue weighted by Crippen LogP contribution is -2.45. The maximum atomic E-state index is 9.14. The van der Waals surface area contributed by atoms with Gasteiger partial charge in [0.25, 0.3) is 0 Å². The van der Waals surface area contributed by atoms with Gasteiger partial charge in [-0.25, -0.2) is 0 Å². The van der Waals surface area contributed by atoms with Gasteiger partial charge in [-0.15, -0.1) is 24.0 Å². The number of nitrogens with one attached hydrogen (secondary N) is 2. The number of nitrogens with zero attached hydrogens (tertiary/aromatic N) is 1. The van der Waals surface area contributed by atoms with E-state index < -0.39 is 0 Å². The zero-order chi connectivity index (χ0) is 15.5. The molecular formula is C17H36IN3O. The standard InChI is InChI=1S/C17H35N3O.HI/c1-4-6-15(11-12-21)13-19-17(18-5-2)20-16-9-7-14(3)8-10-16;/h14-16,21H,4-13H2,1-3H3,(H2,18,19,20);1H. The fraction of sp³-hybridized carbons (Fsp3) is 0.941. The van der Waals surface area contributed by atoms with Gasteiger partial charge in [0.2, 0.25) is 0 Å². The van der Waals surface area contributed by atoms with Crippen molar-refractivity contribution in [2.75, 3.05) is 19.7 Å². The average Bonchev–Trinajstić information content (AvgIpc) is 2.47. The van der Waals surface area contributed by atoms with Crippen LogP contribution in [-0.2, 0) is 0 Å². The fourth-order valence-corrected chi connectivity index (χ4v) is 3.06. The maximum absolute atomic E-state index is 9.14. The topological polar surface area (TPSA) is 56.7 Å². The van der Waals surface area contributed by atoms with Crippen LogP contribution in [0.2, 0.25) is 0 Å². The summed E-state index contributed by atoms with van der Waals surface area (Å²) in [5.74, 6) is 2.33. The molecule has 0 aromatic heterocycles. The molecule has 3 N–H and O–H groups in total. The average molecular weight is 425 g/mol. The van der Waals surface area contributed by atoms with Crippen molar-refractivity contribution in [2.45, 2.75) is 71.8 Å². The van der Waals surface area contributed by atoms with Gasteiger partial charge in [0, 0.05) is 25.7 Å². The van der Waals surface area contributed by atoms with Crippen molar-refractivity contribution < 1.29 is 5.11 Å². The predicted octanol–water partition coefficient (Wildman–Crippen LogP) is 3.54. The molecule has 0 radical (unpaired) electrons. The minimum absolute atomic E-state index is 0. The van der Waals surface area contributed by atoms with E-state index in [1.54, 1.807) is 0 Å². The SMILES string of the molecule is CCCC(CCO)CN=C(NCC)NC1CCC(C)CC1.I. The van der Waals surface area contributed by atoms with Gasteiger partial charge < -0.3 is 15.7 Å². The lowest BCUT2D eigenvalue weighted by atomic mass is 9.87. The summed E-state index contributed by atoms with van der Waals surface area (Å²) in [5, 5.41) is 16.1. The highest BCUT2D eigenvalue weighted by Gasteiger charge is 2.19. The van der Waals surface area contributed by atoms with Crippen LogP contribution in [0.4, 0.5) is 0 Å².